The number of carbonyl (C=O) groups is 2. The van der Waals surface area contributed by atoms with Crippen LogP contribution in [-0.2, 0) is 11.2 Å². The maximum Gasteiger partial charge on any atom is 0.252 e. The molecule has 1 aromatic carbocycles. The normalized spacial score (nSPS) is 14.6. The summed E-state index contributed by atoms with van der Waals surface area (Å²) in [6.45, 7) is 5.06. The van der Waals surface area contributed by atoms with E-state index in [-0.39, 0.29) is 30.1 Å². The second-order valence-corrected chi connectivity index (χ2v) is 8.63. The molecular formula is C23H25FN4O2S. The first kappa shape index (κ1) is 21.2. The highest BCUT2D eigenvalue weighted by Crippen LogP contribution is 2.21. The first-order valence-corrected chi connectivity index (χ1v) is 11.3. The van der Waals surface area contributed by atoms with E-state index in [0.29, 0.717) is 18.7 Å². The summed E-state index contributed by atoms with van der Waals surface area (Å²) in [4.78, 5) is 27.0. The van der Waals surface area contributed by atoms with Gasteiger partial charge in [0, 0.05) is 41.3 Å². The number of likely N-dealkylation sites (tertiary alicyclic amines) is 1. The van der Waals surface area contributed by atoms with E-state index in [0.717, 1.165) is 35.5 Å². The van der Waals surface area contributed by atoms with Crippen LogP contribution in [0, 0.1) is 19.7 Å². The standard InChI is InChI=1S/C23H25FN4O2S/c1-15-21(16(2)28(26-15)20-5-3-18(24)4-6-20)13-22(29)27-10-7-19(8-11-27)25-23(30)17-9-12-31-14-17/h3-6,9,12,14,19H,7-8,10-11,13H2,1-2H3,(H,25,30). The van der Waals surface area contributed by atoms with Crippen molar-refractivity contribution in [2.75, 3.05) is 13.1 Å². The SMILES string of the molecule is Cc1nn(-c2ccc(F)cc2)c(C)c1CC(=O)N1CCC(NC(=O)c2ccsc2)CC1. The molecular weight excluding hydrogens is 415 g/mol. The van der Waals surface area contributed by atoms with E-state index >= 15 is 0 Å². The Morgan fingerprint density at radius 1 is 1.16 bits per heavy atom. The Labute approximate surface area is 184 Å². The van der Waals surface area contributed by atoms with Crippen molar-refractivity contribution in [1.29, 1.82) is 0 Å². The smallest absolute Gasteiger partial charge is 0.252 e. The molecule has 0 radical (unpaired) electrons. The lowest BCUT2D eigenvalue weighted by Gasteiger charge is -2.32. The van der Waals surface area contributed by atoms with Crippen LogP contribution in [0.15, 0.2) is 41.1 Å². The summed E-state index contributed by atoms with van der Waals surface area (Å²) >= 11 is 1.50. The fraction of sp³-hybridized carbons (Fsp3) is 0.348. The molecule has 1 N–H and O–H groups in total. The van der Waals surface area contributed by atoms with Crippen LogP contribution in [0.5, 0.6) is 0 Å². The minimum absolute atomic E-state index is 0.0505. The van der Waals surface area contributed by atoms with E-state index in [1.807, 2.05) is 35.6 Å². The zero-order valence-corrected chi connectivity index (χ0v) is 18.4. The van der Waals surface area contributed by atoms with Gasteiger partial charge in [-0.2, -0.15) is 16.4 Å². The molecule has 0 spiro atoms. The number of halogens is 1. The van der Waals surface area contributed by atoms with Gasteiger partial charge in [-0.15, -0.1) is 0 Å². The zero-order valence-electron chi connectivity index (χ0n) is 17.6. The lowest BCUT2D eigenvalue weighted by Crippen LogP contribution is -2.47. The second-order valence-electron chi connectivity index (χ2n) is 7.85. The lowest BCUT2D eigenvalue weighted by atomic mass is 10.0. The Morgan fingerprint density at radius 2 is 1.87 bits per heavy atom. The number of nitrogens with one attached hydrogen (secondary N) is 1. The molecule has 3 heterocycles. The van der Waals surface area contributed by atoms with Gasteiger partial charge in [-0.3, -0.25) is 9.59 Å². The molecule has 0 bridgehead atoms. The molecule has 1 aliphatic heterocycles. The number of amides is 2. The van der Waals surface area contributed by atoms with E-state index in [1.54, 1.807) is 16.8 Å². The molecule has 0 unspecified atom stereocenters. The van der Waals surface area contributed by atoms with Crippen molar-refractivity contribution in [3.05, 3.63) is 69.4 Å². The van der Waals surface area contributed by atoms with E-state index < -0.39 is 0 Å². The monoisotopic (exact) mass is 440 g/mol. The maximum absolute atomic E-state index is 13.2. The van der Waals surface area contributed by atoms with Gasteiger partial charge in [0.15, 0.2) is 0 Å². The predicted molar refractivity (Wildman–Crippen MR) is 118 cm³/mol. The number of rotatable bonds is 5. The summed E-state index contributed by atoms with van der Waals surface area (Å²) in [7, 11) is 0. The summed E-state index contributed by atoms with van der Waals surface area (Å²) < 4.78 is 15.0. The average molecular weight is 441 g/mol. The third-order valence-corrected chi connectivity index (χ3v) is 6.49. The van der Waals surface area contributed by atoms with Crippen molar-refractivity contribution < 1.29 is 14.0 Å². The summed E-state index contributed by atoms with van der Waals surface area (Å²) in [5, 5.41) is 11.3. The quantitative estimate of drug-likeness (QED) is 0.659. The number of hydrogen-bond acceptors (Lipinski definition) is 4. The number of hydrogen-bond donors (Lipinski definition) is 1. The van der Waals surface area contributed by atoms with Gasteiger partial charge >= 0.3 is 0 Å². The van der Waals surface area contributed by atoms with Crippen LogP contribution in [0.25, 0.3) is 5.69 Å². The van der Waals surface area contributed by atoms with E-state index in [4.69, 9.17) is 0 Å². The molecule has 31 heavy (non-hydrogen) atoms. The van der Waals surface area contributed by atoms with Gasteiger partial charge in [-0.1, -0.05) is 0 Å². The summed E-state index contributed by atoms with van der Waals surface area (Å²) in [5.74, 6) is -0.284. The first-order chi connectivity index (χ1) is 14.9. The molecule has 1 aliphatic rings. The van der Waals surface area contributed by atoms with Crippen molar-refractivity contribution in [3.63, 3.8) is 0 Å². The number of benzene rings is 1. The van der Waals surface area contributed by atoms with Gasteiger partial charge in [0.25, 0.3) is 5.91 Å². The largest absolute Gasteiger partial charge is 0.349 e. The number of thiophene rings is 1. The van der Waals surface area contributed by atoms with Crippen molar-refractivity contribution in [3.8, 4) is 5.69 Å². The predicted octanol–water partition coefficient (Wildman–Crippen LogP) is 3.65. The highest BCUT2D eigenvalue weighted by molar-refractivity contribution is 7.08. The Balaban J connectivity index is 1.36. The van der Waals surface area contributed by atoms with Crippen LogP contribution in [0.2, 0.25) is 0 Å². The summed E-state index contributed by atoms with van der Waals surface area (Å²) in [6.07, 6.45) is 1.77. The van der Waals surface area contributed by atoms with Gasteiger partial charge in [0.05, 0.1) is 17.8 Å². The van der Waals surface area contributed by atoms with Gasteiger partial charge < -0.3 is 10.2 Å². The van der Waals surface area contributed by atoms with Gasteiger partial charge in [-0.25, -0.2) is 9.07 Å². The van der Waals surface area contributed by atoms with E-state index in [1.165, 1.54) is 23.5 Å². The Morgan fingerprint density at radius 3 is 2.52 bits per heavy atom. The number of nitrogens with zero attached hydrogens (tertiary/aromatic N) is 3. The van der Waals surface area contributed by atoms with Crippen LogP contribution in [0.3, 0.4) is 0 Å². The number of carbonyl (C=O) groups excluding carboxylic acids is 2. The molecule has 6 nitrogen and oxygen atoms in total. The molecule has 2 aromatic heterocycles. The van der Waals surface area contributed by atoms with E-state index in [9.17, 15) is 14.0 Å². The number of aryl methyl sites for hydroxylation is 1. The fourth-order valence-electron chi connectivity index (χ4n) is 3.96. The van der Waals surface area contributed by atoms with Gasteiger partial charge in [0.1, 0.15) is 5.82 Å². The molecule has 3 aromatic rings. The molecule has 0 saturated carbocycles. The highest BCUT2D eigenvalue weighted by atomic mass is 32.1. The topological polar surface area (TPSA) is 67.2 Å². The minimum Gasteiger partial charge on any atom is -0.349 e. The first-order valence-electron chi connectivity index (χ1n) is 10.3. The summed E-state index contributed by atoms with van der Waals surface area (Å²) in [6, 6.07) is 8.05. The van der Waals surface area contributed by atoms with Crippen molar-refractivity contribution >= 4 is 23.2 Å². The van der Waals surface area contributed by atoms with Crippen LogP contribution in [0.1, 0.15) is 40.2 Å². The number of piperidine rings is 1. The minimum atomic E-state index is -0.296. The molecule has 1 fully saturated rings. The molecule has 0 aliphatic carbocycles. The zero-order chi connectivity index (χ0) is 22.0. The Bertz CT molecular complexity index is 1070. The third-order valence-electron chi connectivity index (χ3n) is 5.81. The van der Waals surface area contributed by atoms with Crippen molar-refractivity contribution in [2.45, 2.75) is 39.2 Å². The second kappa shape index (κ2) is 9.01. The van der Waals surface area contributed by atoms with Crippen LogP contribution in [0.4, 0.5) is 4.39 Å². The van der Waals surface area contributed by atoms with E-state index in [2.05, 4.69) is 10.4 Å². The molecule has 0 atom stereocenters. The van der Waals surface area contributed by atoms with Crippen molar-refractivity contribution in [1.82, 2.24) is 20.0 Å². The molecule has 8 heteroatoms. The van der Waals surface area contributed by atoms with Gasteiger partial charge in [-0.05, 0) is 62.4 Å². The fourth-order valence-corrected chi connectivity index (χ4v) is 4.60. The summed E-state index contributed by atoms with van der Waals surface area (Å²) in [5.41, 5.74) is 4.04. The lowest BCUT2D eigenvalue weighted by molar-refractivity contribution is -0.131. The van der Waals surface area contributed by atoms with Crippen LogP contribution >= 0.6 is 11.3 Å². The molecule has 1 saturated heterocycles. The maximum atomic E-state index is 13.2. The Hall–Kier alpha value is -3.00. The van der Waals surface area contributed by atoms with Crippen molar-refractivity contribution in [2.24, 2.45) is 0 Å². The highest BCUT2D eigenvalue weighted by Gasteiger charge is 2.26. The molecule has 4 rings (SSSR count). The third kappa shape index (κ3) is 4.69. The Kier molecular flexibility index (Phi) is 6.18. The van der Waals surface area contributed by atoms with Crippen LogP contribution in [-0.4, -0.2) is 45.6 Å². The number of aromatic nitrogens is 2. The average Bonchev–Trinajstić information content (AvgIpc) is 3.39. The van der Waals surface area contributed by atoms with Gasteiger partial charge in [0.2, 0.25) is 5.91 Å². The van der Waals surface area contributed by atoms with Crippen LogP contribution < -0.4 is 5.32 Å². The molecule has 2 amide bonds. The molecule has 162 valence electrons.